The first-order chi connectivity index (χ1) is 15.6. The molecule has 2 heterocycles. The summed E-state index contributed by atoms with van der Waals surface area (Å²) in [4.78, 5) is 17.3. The lowest BCUT2D eigenvalue weighted by Crippen LogP contribution is -2.43. The minimum Gasteiger partial charge on any atom is -0.541 e. The summed E-state index contributed by atoms with van der Waals surface area (Å²) in [5.74, 6) is 2.05. The number of hydrogen-bond acceptors (Lipinski definition) is 4. The van der Waals surface area contributed by atoms with Gasteiger partial charge in [0.1, 0.15) is 5.75 Å². The van der Waals surface area contributed by atoms with Gasteiger partial charge in [0.2, 0.25) is 0 Å². The van der Waals surface area contributed by atoms with Crippen molar-refractivity contribution in [2.45, 2.75) is 58.7 Å². The molecule has 0 amide bonds. The summed E-state index contributed by atoms with van der Waals surface area (Å²) in [6.07, 6.45) is 7.17. The highest BCUT2D eigenvalue weighted by Gasteiger charge is 2.39. The molecule has 0 atom stereocenters. The van der Waals surface area contributed by atoms with Gasteiger partial charge < -0.3 is 9.16 Å². The van der Waals surface area contributed by atoms with Gasteiger partial charge in [-0.15, -0.1) is 0 Å². The van der Waals surface area contributed by atoms with E-state index < -0.39 is 8.32 Å². The van der Waals surface area contributed by atoms with Gasteiger partial charge in [-0.25, -0.2) is 9.67 Å². The molecule has 0 radical (unpaired) electrons. The number of aromatic amines is 1. The smallest absolute Gasteiger partial charge is 0.276 e. The topological polar surface area (TPSA) is 69.1 Å². The average Bonchev–Trinajstić information content (AvgIpc) is 3.08. The second kappa shape index (κ2) is 9.83. The SMILES string of the molecule is CCCc1c(C=Cc2ccc(O[Si](C)(C)C(C)(C)C)c(OC)c2)[nH]n(-c2ccccn2)c1=O. The predicted molar refractivity (Wildman–Crippen MR) is 138 cm³/mol. The van der Waals surface area contributed by atoms with Crippen LogP contribution in [0.1, 0.15) is 50.9 Å². The second-order valence-corrected chi connectivity index (χ2v) is 14.4. The van der Waals surface area contributed by atoms with Gasteiger partial charge >= 0.3 is 0 Å². The molecule has 33 heavy (non-hydrogen) atoms. The minimum atomic E-state index is -1.98. The Balaban J connectivity index is 1.93. The Hall–Kier alpha value is -3.06. The zero-order valence-corrected chi connectivity index (χ0v) is 21.7. The first kappa shape index (κ1) is 24.6. The van der Waals surface area contributed by atoms with Crippen molar-refractivity contribution in [3.05, 3.63) is 69.8 Å². The first-order valence-electron chi connectivity index (χ1n) is 11.4. The van der Waals surface area contributed by atoms with Crippen molar-refractivity contribution in [1.82, 2.24) is 14.8 Å². The molecule has 0 aliphatic heterocycles. The monoisotopic (exact) mass is 465 g/mol. The molecule has 2 aromatic heterocycles. The van der Waals surface area contributed by atoms with E-state index in [0.717, 1.165) is 29.0 Å². The quantitative estimate of drug-likeness (QED) is 0.410. The van der Waals surface area contributed by atoms with Crippen LogP contribution in [0.15, 0.2) is 47.4 Å². The van der Waals surface area contributed by atoms with Gasteiger partial charge in [0.25, 0.3) is 13.9 Å². The van der Waals surface area contributed by atoms with Crippen molar-refractivity contribution >= 4 is 20.5 Å². The summed E-state index contributed by atoms with van der Waals surface area (Å²) >= 11 is 0. The van der Waals surface area contributed by atoms with Crippen molar-refractivity contribution in [3.8, 4) is 17.3 Å². The van der Waals surface area contributed by atoms with Crippen LogP contribution in [0.2, 0.25) is 18.1 Å². The molecule has 0 saturated carbocycles. The number of benzene rings is 1. The lowest BCUT2D eigenvalue weighted by Gasteiger charge is -2.36. The molecule has 3 aromatic rings. The summed E-state index contributed by atoms with van der Waals surface area (Å²) < 4.78 is 13.6. The summed E-state index contributed by atoms with van der Waals surface area (Å²) in [7, 11) is -0.323. The third-order valence-corrected chi connectivity index (χ3v) is 10.5. The Morgan fingerprint density at radius 2 is 1.88 bits per heavy atom. The molecule has 0 unspecified atom stereocenters. The number of nitrogens with zero attached hydrogens (tertiary/aromatic N) is 2. The van der Waals surface area contributed by atoms with Crippen LogP contribution in [0.5, 0.6) is 11.5 Å². The zero-order valence-electron chi connectivity index (χ0n) is 20.7. The zero-order chi connectivity index (χ0) is 24.2. The van der Waals surface area contributed by atoms with Crippen LogP contribution in [0.3, 0.4) is 0 Å². The Morgan fingerprint density at radius 3 is 2.48 bits per heavy atom. The Morgan fingerprint density at radius 1 is 1.12 bits per heavy atom. The van der Waals surface area contributed by atoms with Crippen molar-refractivity contribution in [2.75, 3.05) is 7.11 Å². The van der Waals surface area contributed by atoms with Gasteiger partial charge in [0.05, 0.1) is 12.8 Å². The fraction of sp³-hybridized carbons (Fsp3) is 0.385. The Bertz CT molecular complexity index is 1170. The molecule has 0 bridgehead atoms. The number of aromatic nitrogens is 3. The van der Waals surface area contributed by atoms with Crippen LogP contribution in [0.4, 0.5) is 0 Å². The third-order valence-electron chi connectivity index (χ3n) is 6.20. The van der Waals surface area contributed by atoms with Gasteiger partial charge in [0.15, 0.2) is 11.6 Å². The molecule has 0 fully saturated rings. The molecular weight excluding hydrogens is 430 g/mol. The van der Waals surface area contributed by atoms with E-state index in [-0.39, 0.29) is 10.6 Å². The maximum atomic E-state index is 13.0. The number of hydrogen-bond donors (Lipinski definition) is 1. The molecule has 0 spiro atoms. The molecule has 1 aromatic carbocycles. The van der Waals surface area contributed by atoms with E-state index >= 15 is 0 Å². The van der Waals surface area contributed by atoms with E-state index in [2.05, 4.69) is 50.9 Å². The van der Waals surface area contributed by atoms with Gasteiger partial charge in [0, 0.05) is 11.8 Å². The summed E-state index contributed by atoms with van der Waals surface area (Å²) in [5.41, 5.74) is 2.44. The Kier molecular flexibility index (Phi) is 7.32. The van der Waals surface area contributed by atoms with Crippen molar-refractivity contribution in [3.63, 3.8) is 0 Å². The van der Waals surface area contributed by atoms with Crippen LogP contribution in [0.25, 0.3) is 18.0 Å². The van der Waals surface area contributed by atoms with Crippen LogP contribution in [0, 0.1) is 0 Å². The van der Waals surface area contributed by atoms with Gasteiger partial charge in [-0.2, -0.15) is 0 Å². The van der Waals surface area contributed by atoms with Crippen molar-refractivity contribution in [1.29, 1.82) is 0 Å². The third kappa shape index (κ3) is 5.47. The highest BCUT2D eigenvalue weighted by atomic mass is 28.4. The summed E-state index contributed by atoms with van der Waals surface area (Å²) in [6.45, 7) is 13.2. The van der Waals surface area contributed by atoms with Crippen molar-refractivity contribution < 1.29 is 9.16 Å². The largest absolute Gasteiger partial charge is 0.541 e. The van der Waals surface area contributed by atoms with Gasteiger partial charge in [-0.1, -0.05) is 52.3 Å². The Labute approximate surface area is 197 Å². The van der Waals surface area contributed by atoms with Crippen LogP contribution < -0.4 is 14.7 Å². The normalized spacial score (nSPS) is 12.3. The van der Waals surface area contributed by atoms with E-state index in [4.69, 9.17) is 9.16 Å². The number of rotatable bonds is 8. The summed E-state index contributed by atoms with van der Waals surface area (Å²) in [6, 6.07) is 11.4. The molecule has 3 rings (SSSR count). The number of nitrogens with one attached hydrogen (secondary N) is 1. The highest BCUT2D eigenvalue weighted by Crippen LogP contribution is 2.40. The average molecular weight is 466 g/mol. The maximum Gasteiger partial charge on any atom is 0.276 e. The minimum absolute atomic E-state index is 0.0640. The van der Waals surface area contributed by atoms with E-state index in [0.29, 0.717) is 18.0 Å². The van der Waals surface area contributed by atoms with Crippen molar-refractivity contribution in [2.24, 2.45) is 0 Å². The molecule has 0 aliphatic rings. The molecule has 176 valence electrons. The first-order valence-corrected chi connectivity index (χ1v) is 14.3. The molecule has 0 aliphatic carbocycles. The van der Waals surface area contributed by atoms with E-state index in [1.165, 1.54) is 4.68 Å². The van der Waals surface area contributed by atoms with Crippen LogP contribution in [-0.2, 0) is 6.42 Å². The van der Waals surface area contributed by atoms with E-state index in [1.54, 1.807) is 13.3 Å². The molecule has 7 heteroatoms. The van der Waals surface area contributed by atoms with Crippen LogP contribution in [-0.4, -0.2) is 30.2 Å². The van der Waals surface area contributed by atoms with Gasteiger partial charge in [-0.05, 0) is 60.5 Å². The fourth-order valence-corrected chi connectivity index (χ4v) is 4.27. The number of methoxy groups -OCH3 is 1. The molecular formula is C26H35N3O3Si. The molecule has 6 nitrogen and oxygen atoms in total. The fourth-order valence-electron chi connectivity index (χ4n) is 3.25. The number of H-pyrrole nitrogens is 1. The molecule has 1 N–H and O–H groups in total. The lowest BCUT2D eigenvalue weighted by molar-refractivity contribution is 0.386. The molecule has 0 saturated heterocycles. The van der Waals surface area contributed by atoms with Crippen LogP contribution >= 0.6 is 0 Å². The summed E-state index contributed by atoms with van der Waals surface area (Å²) in [5, 5.41) is 3.31. The van der Waals surface area contributed by atoms with E-state index in [9.17, 15) is 4.79 Å². The standard InChI is InChI=1S/C26H35N3O3Si/c1-8-11-20-21(28-29(25(20)30)24-12-9-10-17-27-24)15-13-19-14-16-22(23(18-19)31-5)32-33(6,7)26(2,3)4/h9-10,12-18,28H,8,11H2,1-7H3. The predicted octanol–water partition coefficient (Wildman–Crippen LogP) is 6.08. The highest BCUT2D eigenvalue weighted by molar-refractivity contribution is 6.74. The van der Waals surface area contributed by atoms with E-state index in [1.807, 2.05) is 48.6 Å². The number of pyridine rings is 1. The van der Waals surface area contributed by atoms with Gasteiger partial charge in [-0.3, -0.25) is 9.89 Å². The maximum absolute atomic E-state index is 13.0. The number of ether oxygens (including phenoxy) is 1. The lowest BCUT2D eigenvalue weighted by atomic mass is 10.1. The second-order valence-electron chi connectivity index (χ2n) is 9.69.